The summed E-state index contributed by atoms with van der Waals surface area (Å²) in [5.74, 6) is -0.284. The Morgan fingerprint density at radius 3 is 2.73 bits per heavy atom. The Hall–Kier alpha value is -1.05. The van der Waals surface area contributed by atoms with E-state index in [9.17, 15) is 4.79 Å². The van der Waals surface area contributed by atoms with Gasteiger partial charge in [-0.25, -0.2) is 4.79 Å². The lowest BCUT2D eigenvalue weighted by molar-refractivity contribution is -0.136. The van der Waals surface area contributed by atoms with Crippen molar-refractivity contribution in [1.29, 1.82) is 0 Å². The molecular formula is C9H14O2. The number of carbonyl (C=O) groups excluding carboxylic acids is 1. The predicted octanol–water partition coefficient (Wildman–Crippen LogP) is 2.07. The summed E-state index contributed by atoms with van der Waals surface area (Å²) in [5.41, 5.74) is 0. The van der Waals surface area contributed by atoms with Crippen molar-refractivity contribution in [1.82, 2.24) is 0 Å². The average molecular weight is 154 g/mol. The third-order valence-electron chi connectivity index (χ3n) is 1.03. The van der Waals surface area contributed by atoms with Crippen LogP contribution in [0.5, 0.6) is 0 Å². The molecule has 0 atom stereocenters. The molecule has 0 aliphatic rings. The fraction of sp³-hybridized carbons (Fsp3) is 0.444. The average Bonchev–Trinajstić information content (AvgIpc) is 1.99. The number of hydrogen-bond acceptors (Lipinski definition) is 2. The summed E-state index contributed by atoms with van der Waals surface area (Å²) in [4.78, 5) is 10.7. The van der Waals surface area contributed by atoms with Gasteiger partial charge in [0, 0.05) is 6.08 Å². The van der Waals surface area contributed by atoms with Crippen LogP contribution in [0, 0.1) is 0 Å². The van der Waals surface area contributed by atoms with Crippen molar-refractivity contribution in [2.75, 3.05) is 6.61 Å². The van der Waals surface area contributed by atoms with E-state index < -0.39 is 0 Å². The molecule has 0 amide bonds. The van der Waals surface area contributed by atoms with Gasteiger partial charge >= 0.3 is 5.97 Å². The van der Waals surface area contributed by atoms with E-state index in [1.54, 1.807) is 13.0 Å². The van der Waals surface area contributed by atoms with Crippen LogP contribution in [-0.2, 0) is 9.53 Å². The molecule has 0 aromatic rings. The lowest BCUT2D eigenvalue weighted by Crippen LogP contribution is -1.99. The van der Waals surface area contributed by atoms with Crippen molar-refractivity contribution in [3.8, 4) is 0 Å². The third-order valence-corrected chi connectivity index (χ3v) is 1.03. The molecule has 0 unspecified atom stereocenters. The quantitative estimate of drug-likeness (QED) is 0.352. The zero-order chi connectivity index (χ0) is 8.53. The van der Waals surface area contributed by atoms with Gasteiger partial charge in [0.15, 0.2) is 0 Å². The molecule has 0 saturated carbocycles. The second-order valence-corrected chi connectivity index (χ2v) is 2.01. The molecule has 0 aromatic heterocycles. The summed E-state index contributed by atoms with van der Waals surface area (Å²) in [5, 5.41) is 0. The van der Waals surface area contributed by atoms with E-state index in [0.29, 0.717) is 6.61 Å². The van der Waals surface area contributed by atoms with Gasteiger partial charge in [0.25, 0.3) is 0 Å². The first kappa shape index (κ1) is 9.95. The minimum atomic E-state index is -0.284. The predicted molar refractivity (Wildman–Crippen MR) is 45.2 cm³/mol. The van der Waals surface area contributed by atoms with E-state index in [2.05, 4.69) is 0 Å². The maximum atomic E-state index is 10.7. The molecule has 0 spiro atoms. The molecule has 0 aromatic carbocycles. The highest BCUT2D eigenvalue weighted by Gasteiger charge is 1.90. The normalized spacial score (nSPS) is 11.1. The summed E-state index contributed by atoms with van der Waals surface area (Å²) in [7, 11) is 0. The van der Waals surface area contributed by atoms with E-state index in [-0.39, 0.29) is 5.97 Å². The Labute approximate surface area is 67.6 Å². The van der Waals surface area contributed by atoms with Gasteiger partial charge in [0.2, 0.25) is 0 Å². The standard InChI is InChI=1S/C9H14O2/c1-3-5-6-8-11-9(10)7-4-2/h4-7H,3,8H2,1-2H3. The fourth-order valence-corrected chi connectivity index (χ4v) is 0.549. The van der Waals surface area contributed by atoms with Gasteiger partial charge < -0.3 is 4.74 Å². The van der Waals surface area contributed by atoms with Crippen molar-refractivity contribution >= 4 is 5.97 Å². The number of rotatable bonds is 4. The highest BCUT2D eigenvalue weighted by atomic mass is 16.5. The monoisotopic (exact) mass is 154 g/mol. The van der Waals surface area contributed by atoms with Crippen LogP contribution in [-0.4, -0.2) is 12.6 Å². The minimum absolute atomic E-state index is 0.284. The van der Waals surface area contributed by atoms with Crippen LogP contribution >= 0.6 is 0 Å². The van der Waals surface area contributed by atoms with Crippen LogP contribution in [0.3, 0.4) is 0 Å². The fourth-order valence-electron chi connectivity index (χ4n) is 0.549. The van der Waals surface area contributed by atoms with Gasteiger partial charge in [-0.2, -0.15) is 0 Å². The molecule has 0 heterocycles. The van der Waals surface area contributed by atoms with Crippen molar-refractivity contribution in [2.45, 2.75) is 20.3 Å². The van der Waals surface area contributed by atoms with E-state index >= 15 is 0 Å². The van der Waals surface area contributed by atoms with Crippen LogP contribution in [0.25, 0.3) is 0 Å². The van der Waals surface area contributed by atoms with Crippen LogP contribution in [0.4, 0.5) is 0 Å². The van der Waals surface area contributed by atoms with Gasteiger partial charge in [0.1, 0.15) is 6.61 Å². The molecule has 0 N–H and O–H groups in total. The van der Waals surface area contributed by atoms with Crippen LogP contribution in [0.15, 0.2) is 24.3 Å². The van der Waals surface area contributed by atoms with Crippen LogP contribution in [0.1, 0.15) is 20.3 Å². The van der Waals surface area contributed by atoms with Crippen molar-refractivity contribution in [2.24, 2.45) is 0 Å². The summed E-state index contributed by atoms with van der Waals surface area (Å²) in [6.07, 6.45) is 7.83. The van der Waals surface area contributed by atoms with Crippen molar-refractivity contribution in [3.05, 3.63) is 24.3 Å². The molecule has 62 valence electrons. The van der Waals surface area contributed by atoms with Gasteiger partial charge in [0.05, 0.1) is 0 Å². The number of allylic oxidation sites excluding steroid dienone is 2. The Morgan fingerprint density at radius 1 is 1.45 bits per heavy atom. The molecule has 0 fully saturated rings. The zero-order valence-electron chi connectivity index (χ0n) is 7.04. The smallest absolute Gasteiger partial charge is 0.330 e. The Kier molecular flexibility index (Phi) is 6.39. The number of esters is 1. The Balaban J connectivity index is 3.39. The molecule has 11 heavy (non-hydrogen) atoms. The maximum Gasteiger partial charge on any atom is 0.330 e. The van der Waals surface area contributed by atoms with Crippen molar-refractivity contribution < 1.29 is 9.53 Å². The van der Waals surface area contributed by atoms with Crippen molar-refractivity contribution in [3.63, 3.8) is 0 Å². The first-order valence-corrected chi connectivity index (χ1v) is 3.75. The Morgan fingerprint density at radius 2 is 2.18 bits per heavy atom. The first-order valence-electron chi connectivity index (χ1n) is 3.75. The highest BCUT2D eigenvalue weighted by Crippen LogP contribution is 1.84. The summed E-state index contributed by atoms with van der Waals surface area (Å²) in [6.45, 7) is 4.18. The molecule has 0 radical (unpaired) electrons. The SMILES string of the molecule is CC=CC(=O)OCC=CCC. The second-order valence-electron chi connectivity index (χ2n) is 2.01. The van der Waals surface area contributed by atoms with E-state index in [4.69, 9.17) is 4.74 Å². The van der Waals surface area contributed by atoms with Crippen LogP contribution in [0.2, 0.25) is 0 Å². The lowest BCUT2D eigenvalue weighted by atomic mass is 10.4. The molecular weight excluding hydrogens is 140 g/mol. The topological polar surface area (TPSA) is 26.3 Å². The summed E-state index contributed by atoms with van der Waals surface area (Å²) in [6, 6.07) is 0. The summed E-state index contributed by atoms with van der Waals surface area (Å²) >= 11 is 0. The molecule has 0 bridgehead atoms. The van der Waals surface area contributed by atoms with Gasteiger partial charge in [-0.3, -0.25) is 0 Å². The Bertz CT molecular complexity index is 157. The number of hydrogen-bond donors (Lipinski definition) is 0. The number of ether oxygens (including phenoxy) is 1. The minimum Gasteiger partial charge on any atom is -0.458 e. The molecule has 2 nitrogen and oxygen atoms in total. The molecule has 0 rings (SSSR count). The van der Waals surface area contributed by atoms with E-state index in [1.807, 2.05) is 19.1 Å². The first-order chi connectivity index (χ1) is 5.31. The molecule has 0 aliphatic heterocycles. The zero-order valence-corrected chi connectivity index (χ0v) is 7.04. The third kappa shape index (κ3) is 6.84. The van der Waals surface area contributed by atoms with Gasteiger partial charge in [-0.05, 0) is 13.3 Å². The van der Waals surface area contributed by atoms with E-state index in [1.165, 1.54) is 6.08 Å². The van der Waals surface area contributed by atoms with Gasteiger partial charge in [-0.1, -0.05) is 25.2 Å². The lowest BCUT2D eigenvalue weighted by Gasteiger charge is -1.94. The van der Waals surface area contributed by atoms with Crippen LogP contribution < -0.4 is 0 Å². The maximum absolute atomic E-state index is 10.7. The molecule has 2 heteroatoms. The van der Waals surface area contributed by atoms with Gasteiger partial charge in [-0.15, -0.1) is 0 Å². The van der Waals surface area contributed by atoms with E-state index in [0.717, 1.165) is 6.42 Å². The second kappa shape index (κ2) is 7.06. The number of carbonyl (C=O) groups is 1. The molecule has 0 aliphatic carbocycles. The molecule has 0 saturated heterocycles. The highest BCUT2D eigenvalue weighted by molar-refractivity contribution is 5.81. The summed E-state index contributed by atoms with van der Waals surface area (Å²) < 4.78 is 4.77. The largest absolute Gasteiger partial charge is 0.458 e.